The van der Waals surface area contributed by atoms with E-state index in [0.29, 0.717) is 26.1 Å². The van der Waals surface area contributed by atoms with Gasteiger partial charge in [0, 0.05) is 39.0 Å². The molecule has 31 heavy (non-hydrogen) atoms. The zero-order valence-electron chi connectivity index (χ0n) is 22.0. The SMILES string of the molecule is C#CCCCCCCCCCCO.CCCCCCCCC#CCCO.NCCN.[H-].[Na+]. The number of terminal acetylenes is 1. The molecule has 0 aliphatic rings. The predicted octanol–water partition coefficient (Wildman–Crippen LogP) is 2.27. The second-order valence-electron chi connectivity index (χ2n) is 7.43. The second-order valence-corrected chi connectivity index (χ2v) is 7.43. The maximum atomic E-state index is 8.55. The molecule has 6 N–H and O–H groups in total. The van der Waals surface area contributed by atoms with Crippen LogP contribution in [0.1, 0.15) is 118 Å². The van der Waals surface area contributed by atoms with Gasteiger partial charge >= 0.3 is 29.6 Å². The Morgan fingerprint density at radius 3 is 1.45 bits per heavy atom. The summed E-state index contributed by atoms with van der Waals surface area (Å²) >= 11 is 0. The van der Waals surface area contributed by atoms with Crippen molar-refractivity contribution in [3.05, 3.63) is 0 Å². The van der Waals surface area contributed by atoms with Crippen molar-refractivity contribution in [2.24, 2.45) is 11.5 Å². The van der Waals surface area contributed by atoms with E-state index in [1.807, 2.05) is 0 Å². The van der Waals surface area contributed by atoms with Crippen LogP contribution < -0.4 is 41.0 Å². The molecule has 0 spiro atoms. The van der Waals surface area contributed by atoms with Crippen LogP contribution >= 0.6 is 0 Å². The zero-order valence-corrected chi connectivity index (χ0v) is 23.0. The molecule has 0 heterocycles. The normalized spacial score (nSPS) is 9.03. The second kappa shape index (κ2) is 43.8. The van der Waals surface area contributed by atoms with E-state index in [1.165, 1.54) is 83.5 Å². The Morgan fingerprint density at radius 2 is 1.03 bits per heavy atom. The maximum absolute atomic E-state index is 8.55. The van der Waals surface area contributed by atoms with E-state index in [-0.39, 0.29) is 37.6 Å². The number of unbranched alkanes of at least 4 members (excludes halogenated alkanes) is 14. The van der Waals surface area contributed by atoms with E-state index in [2.05, 4.69) is 24.7 Å². The van der Waals surface area contributed by atoms with Crippen LogP contribution in [0.15, 0.2) is 0 Å². The molecule has 5 heteroatoms. The van der Waals surface area contributed by atoms with Crippen molar-refractivity contribution in [1.82, 2.24) is 0 Å². The standard InChI is InChI=1S/2C12H22O.C2H8N2.Na.H/c2*1-2-3-4-5-6-7-8-9-10-11-12-13;3-1-2-4;;/h13H,2-8,11-12H2,1H3;1,13H,3-12H2;1-4H2;;/q;;;+1;-1. The van der Waals surface area contributed by atoms with E-state index in [9.17, 15) is 0 Å². The van der Waals surface area contributed by atoms with Gasteiger partial charge < -0.3 is 23.1 Å². The summed E-state index contributed by atoms with van der Waals surface area (Å²) < 4.78 is 0. The molecule has 0 radical (unpaired) electrons. The first-order valence-electron chi connectivity index (χ1n) is 12.3. The van der Waals surface area contributed by atoms with Gasteiger partial charge in [0.25, 0.3) is 0 Å². The molecule has 0 unspecified atom stereocenters. The molecule has 0 aromatic rings. The van der Waals surface area contributed by atoms with Crippen LogP contribution in [0.4, 0.5) is 0 Å². The van der Waals surface area contributed by atoms with Gasteiger partial charge in [0.15, 0.2) is 0 Å². The van der Waals surface area contributed by atoms with Gasteiger partial charge in [-0.3, -0.25) is 0 Å². The van der Waals surface area contributed by atoms with Gasteiger partial charge in [0.1, 0.15) is 0 Å². The minimum atomic E-state index is 0. The van der Waals surface area contributed by atoms with E-state index in [1.54, 1.807) is 0 Å². The number of aliphatic hydroxyl groups is 2. The molecule has 180 valence electrons. The number of nitrogens with two attached hydrogens (primary N) is 2. The fourth-order valence-electron chi connectivity index (χ4n) is 2.63. The molecule has 0 saturated heterocycles. The zero-order chi connectivity index (χ0) is 23.0. The topological polar surface area (TPSA) is 92.5 Å². The van der Waals surface area contributed by atoms with E-state index in [4.69, 9.17) is 28.1 Å². The van der Waals surface area contributed by atoms with Crippen LogP contribution in [0.5, 0.6) is 0 Å². The van der Waals surface area contributed by atoms with Gasteiger partial charge in [-0.2, -0.15) is 0 Å². The van der Waals surface area contributed by atoms with Crippen LogP contribution in [0.2, 0.25) is 0 Å². The summed E-state index contributed by atoms with van der Waals surface area (Å²) in [6, 6.07) is 0. The predicted molar refractivity (Wildman–Crippen MR) is 134 cm³/mol. The molecular weight excluding hydrogens is 395 g/mol. The van der Waals surface area contributed by atoms with E-state index >= 15 is 0 Å². The summed E-state index contributed by atoms with van der Waals surface area (Å²) in [5, 5.41) is 17.0. The van der Waals surface area contributed by atoms with Crippen molar-refractivity contribution in [1.29, 1.82) is 0 Å². The van der Waals surface area contributed by atoms with Crippen molar-refractivity contribution in [3.8, 4) is 24.2 Å². The molecule has 4 nitrogen and oxygen atoms in total. The molecule has 0 fully saturated rings. The Morgan fingerprint density at radius 1 is 0.613 bits per heavy atom. The Labute approximate surface area is 218 Å². The largest absolute Gasteiger partial charge is 1.00 e. The average molecular weight is 449 g/mol. The van der Waals surface area contributed by atoms with Gasteiger partial charge in [-0.25, -0.2) is 0 Å². The fraction of sp³-hybridized carbons (Fsp3) is 0.846. The first-order valence-corrected chi connectivity index (χ1v) is 12.3. The summed E-state index contributed by atoms with van der Waals surface area (Å²) in [5.41, 5.74) is 9.81. The molecule has 0 aliphatic heterocycles. The quantitative estimate of drug-likeness (QED) is 0.156. The van der Waals surface area contributed by atoms with Crippen molar-refractivity contribution in [2.75, 3.05) is 26.3 Å². The van der Waals surface area contributed by atoms with Gasteiger partial charge in [0.05, 0.1) is 6.61 Å². The smallest absolute Gasteiger partial charge is 1.00 e. The van der Waals surface area contributed by atoms with Gasteiger partial charge in [-0.05, 0) is 19.3 Å². The first-order chi connectivity index (χ1) is 14.7. The van der Waals surface area contributed by atoms with Gasteiger partial charge in [-0.15, -0.1) is 24.2 Å². The van der Waals surface area contributed by atoms with Crippen molar-refractivity contribution in [2.45, 2.75) is 116 Å². The fourth-order valence-corrected chi connectivity index (χ4v) is 2.63. The molecule has 0 aromatic heterocycles. The van der Waals surface area contributed by atoms with Crippen LogP contribution in [0, 0.1) is 24.2 Å². The third-order valence-corrected chi connectivity index (χ3v) is 4.41. The van der Waals surface area contributed by atoms with E-state index in [0.717, 1.165) is 19.3 Å². The molecule has 0 saturated carbocycles. The number of rotatable bonds is 17. The number of hydrogen-bond donors (Lipinski definition) is 4. The molecule has 0 aromatic carbocycles. The summed E-state index contributed by atoms with van der Waals surface area (Å²) in [7, 11) is 0. The summed E-state index contributed by atoms with van der Waals surface area (Å²) in [4.78, 5) is 0. The number of aliphatic hydroxyl groups excluding tert-OH is 2. The van der Waals surface area contributed by atoms with Crippen LogP contribution in [-0.4, -0.2) is 36.5 Å². The summed E-state index contributed by atoms with van der Waals surface area (Å²) in [5.74, 6) is 8.66. The van der Waals surface area contributed by atoms with Crippen LogP contribution in [0.25, 0.3) is 0 Å². The minimum absolute atomic E-state index is 0. The van der Waals surface area contributed by atoms with Crippen molar-refractivity contribution < 1.29 is 41.2 Å². The molecule has 0 aliphatic carbocycles. The van der Waals surface area contributed by atoms with Gasteiger partial charge in [-0.1, -0.05) is 77.6 Å². The van der Waals surface area contributed by atoms with Gasteiger partial charge in [0.2, 0.25) is 0 Å². The Bertz CT molecular complexity index is 380. The third-order valence-electron chi connectivity index (χ3n) is 4.41. The molecule has 0 atom stereocenters. The molecule has 0 rings (SSSR count). The summed E-state index contributed by atoms with van der Waals surface area (Å²) in [6.45, 7) is 3.98. The Hall–Kier alpha value is -0.0400. The maximum Gasteiger partial charge on any atom is 1.00 e. The Kier molecular flexibility index (Phi) is 54.0. The summed E-state index contributed by atoms with van der Waals surface area (Å²) in [6.07, 6.45) is 25.5. The minimum Gasteiger partial charge on any atom is -1.00 e. The van der Waals surface area contributed by atoms with Crippen LogP contribution in [0.3, 0.4) is 0 Å². The Balaban J connectivity index is -0.000000123. The third kappa shape index (κ3) is 53.3. The average Bonchev–Trinajstić information content (AvgIpc) is 2.77. The number of hydrogen-bond acceptors (Lipinski definition) is 4. The van der Waals surface area contributed by atoms with E-state index < -0.39 is 0 Å². The molecule has 0 bridgehead atoms. The van der Waals surface area contributed by atoms with Crippen LogP contribution in [-0.2, 0) is 0 Å². The first kappa shape index (κ1) is 38.2. The monoisotopic (exact) mass is 448 g/mol. The molecule has 0 amide bonds. The van der Waals surface area contributed by atoms with Crippen molar-refractivity contribution in [3.63, 3.8) is 0 Å². The molecular formula is C26H53N2NaO2. The van der Waals surface area contributed by atoms with Crippen molar-refractivity contribution >= 4 is 0 Å².